The lowest BCUT2D eigenvalue weighted by atomic mass is 10.1. The number of rotatable bonds is 6. The third-order valence-corrected chi connectivity index (χ3v) is 5.35. The van der Waals surface area contributed by atoms with Crippen molar-refractivity contribution in [1.82, 2.24) is 4.90 Å². The average Bonchev–Trinajstić information content (AvgIpc) is 3.42. The van der Waals surface area contributed by atoms with Crippen molar-refractivity contribution >= 4 is 17.3 Å². The van der Waals surface area contributed by atoms with Gasteiger partial charge in [0.05, 0.1) is 4.92 Å². The minimum Gasteiger partial charge on any atom is -0.454 e. The molecule has 0 radical (unpaired) electrons. The normalized spacial score (nSPS) is 14.9. The van der Waals surface area contributed by atoms with Crippen molar-refractivity contribution in [1.29, 1.82) is 0 Å². The minimum absolute atomic E-state index is 0.0168. The van der Waals surface area contributed by atoms with Crippen LogP contribution in [0.15, 0.2) is 36.4 Å². The van der Waals surface area contributed by atoms with Gasteiger partial charge in [0.1, 0.15) is 5.69 Å². The number of carbonyl (C=O) groups is 1. The molecule has 0 atom stereocenters. The Labute approximate surface area is 168 Å². The van der Waals surface area contributed by atoms with Crippen LogP contribution in [0, 0.1) is 10.1 Å². The lowest BCUT2D eigenvalue weighted by Gasteiger charge is -2.22. The summed E-state index contributed by atoms with van der Waals surface area (Å²) in [5.41, 5.74) is 1.80. The summed E-state index contributed by atoms with van der Waals surface area (Å²) < 4.78 is 10.7. The molecular weight excluding hydrogens is 374 g/mol. The van der Waals surface area contributed by atoms with Crippen LogP contribution in [-0.4, -0.2) is 42.2 Å². The molecular formula is C21H23N3O5. The maximum Gasteiger partial charge on any atom is 0.293 e. The molecule has 4 rings (SSSR count). The standard InChI is InChI=1S/C21H23N3O5/c1-2-22(13-15-5-8-19-20(11-15)29-14-28-19)21(25)16-6-7-17(18(12-16)24(26)27)23-9-3-4-10-23/h5-8,11-12H,2-4,9-10,13-14H2,1H3. The first-order chi connectivity index (χ1) is 14.1. The fraction of sp³-hybridized carbons (Fsp3) is 0.381. The molecule has 0 bridgehead atoms. The van der Waals surface area contributed by atoms with E-state index < -0.39 is 4.92 Å². The number of benzene rings is 2. The maximum absolute atomic E-state index is 13.1. The van der Waals surface area contributed by atoms with Gasteiger partial charge in [0.15, 0.2) is 11.5 Å². The third kappa shape index (κ3) is 3.83. The third-order valence-electron chi connectivity index (χ3n) is 5.35. The van der Waals surface area contributed by atoms with E-state index in [0.717, 1.165) is 31.5 Å². The van der Waals surface area contributed by atoms with Crippen molar-refractivity contribution in [2.24, 2.45) is 0 Å². The van der Waals surface area contributed by atoms with Crippen molar-refractivity contribution < 1.29 is 19.2 Å². The Bertz CT molecular complexity index is 940. The first-order valence-electron chi connectivity index (χ1n) is 9.78. The smallest absolute Gasteiger partial charge is 0.293 e. The van der Waals surface area contributed by atoms with E-state index in [-0.39, 0.29) is 18.4 Å². The maximum atomic E-state index is 13.1. The van der Waals surface area contributed by atoms with Gasteiger partial charge in [-0.3, -0.25) is 14.9 Å². The van der Waals surface area contributed by atoms with E-state index in [0.29, 0.717) is 35.8 Å². The van der Waals surface area contributed by atoms with Crippen molar-refractivity contribution in [3.63, 3.8) is 0 Å². The molecule has 0 spiro atoms. The Morgan fingerprint density at radius 3 is 2.62 bits per heavy atom. The summed E-state index contributed by atoms with van der Waals surface area (Å²) in [5, 5.41) is 11.6. The van der Waals surface area contributed by atoms with Crippen molar-refractivity contribution in [2.75, 3.05) is 31.3 Å². The SMILES string of the molecule is CCN(Cc1ccc2c(c1)OCO2)C(=O)c1ccc(N2CCCC2)c([N+](=O)[O-])c1. The van der Waals surface area contributed by atoms with Crippen LogP contribution in [0.25, 0.3) is 0 Å². The molecule has 2 aliphatic heterocycles. The van der Waals surface area contributed by atoms with Crippen LogP contribution < -0.4 is 14.4 Å². The van der Waals surface area contributed by atoms with E-state index in [2.05, 4.69) is 0 Å². The minimum atomic E-state index is -0.404. The molecule has 1 saturated heterocycles. The zero-order chi connectivity index (χ0) is 20.4. The Morgan fingerprint density at radius 1 is 1.14 bits per heavy atom. The average molecular weight is 397 g/mol. The first kappa shape index (κ1) is 19.0. The van der Waals surface area contributed by atoms with Crippen molar-refractivity contribution in [2.45, 2.75) is 26.3 Å². The molecule has 2 heterocycles. The van der Waals surface area contributed by atoms with Crippen LogP contribution in [-0.2, 0) is 6.54 Å². The fourth-order valence-corrected chi connectivity index (χ4v) is 3.80. The number of hydrogen-bond donors (Lipinski definition) is 0. The van der Waals surface area contributed by atoms with Gasteiger partial charge in [0, 0.05) is 37.8 Å². The Kier molecular flexibility index (Phi) is 5.24. The van der Waals surface area contributed by atoms with Crippen molar-refractivity contribution in [3.8, 4) is 11.5 Å². The lowest BCUT2D eigenvalue weighted by molar-refractivity contribution is -0.384. The lowest BCUT2D eigenvalue weighted by Crippen LogP contribution is -2.30. The quantitative estimate of drug-likeness (QED) is 0.547. The zero-order valence-electron chi connectivity index (χ0n) is 16.3. The van der Waals surface area contributed by atoms with Gasteiger partial charge in [-0.05, 0) is 49.6 Å². The van der Waals surface area contributed by atoms with Crippen LogP contribution in [0.4, 0.5) is 11.4 Å². The van der Waals surface area contributed by atoms with E-state index in [1.165, 1.54) is 6.07 Å². The number of nitro groups is 1. The second kappa shape index (κ2) is 7.98. The summed E-state index contributed by atoms with van der Waals surface area (Å²) in [6, 6.07) is 10.4. The van der Waals surface area contributed by atoms with Gasteiger partial charge in [-0.1, -0.05) is 6.07 Å². The van der Waals surface area contributed by atoms with E-state index >= 15 is 0 Å². The summed E-state index contributed by atoms with van der Waals surface area (Å²) >= 11 is 0. The van der Waals surface area contributed by atoms with Crippen molar-refractivity contribution in [3.05, 3.63) is 57.6 Å². The van der Waals surface area contributed by atoms with Gasteiger partial charge >= 0.3 is 0 Å². The molecule has 29 heavy (non-hydrogen) atoms. The fourth-order valence-electron chi connectivity index (χ4n) is 3.80. The summed E-state index contributed by atoms with van der Waals surface area (Å²) in [4.78, 5) is 27.9. The number of amides is 1. The highest BCUT2D eigenvalue weighted by atomic mass is 16.7. The molecule has 0 unspecified atom stereocenters. The number of ether oxygens (including phenoxy) is 2. The van der Waals surface area contributed by atoms with Crippen LogP contribution in [0.5, 0.6) is 11.5 Å². The molecule has 1 fully saturated rings. The van der Waals surface area contributed by atoms with Gasteiger partial charge in [0.25, 0.3) is 11.6 Å². The van der Waals surface area contributed by atoms with Gasteiger partial charge in [0.2, 0.25) is 6.79 Å². The zero-order valence-corrected chi connectivity index (χ0v) is 16.3. The summed E-state index contributed by atoms with van der Waals surface area (Å²) in [6.45, 7) is 4.56. The van der Waals surface area contributed by atoms with Gasteiger partial charge in [-0.15, -0.1) is 0 Å². The summed E-state index contributed by atoms with van der Waals surface area (Å²) in [7, 11) is 0. The molecule has 0 aromatic heterocycles. The summed E-state index contributed by atoms with van der Waals surface area (Å²) in [6.07, 6.45) is 2.05. The topological polar surface area (TPSA) is 85.2 Å². The van der Waals surface area contributed by atoms with Gasteiger partial charge in [-0.25, -0.2) is 0 Å². The number of anilines is 1. The van der Waals surface area contributed by atoms with Crippen LogP contribution in [0.2, 0.25) is 0 Å². The van der Waals surface area contributed by atoms with Gasteiger partial charge < -0.3 is 19.3 Å². The number of fused-ring (bicyclic) bond motifs is 1. The van der Waals surface area contributed by atoms with Crippen LogP contribution in [0.1, 0.15) is 35.7 Å². The Balaban J connectivity index is 1.56. The second-order valence-electron chi connectivity index (χ2n) is 7.16. The number of hydrogen-bond acceptors (Lipinski definition) is 6. The second-order valence-corrected chi connectivity index (χ2v) is 7.16. The first-order valence-corrected chi connectivity index (χ1v) is 9.78. The molecule has 1 amide bonds. The molecule has 0 N–H and O–H groups in total. The number of nitrogens with zero attached hydrogens (tertiary/aromatic N) is 3. The molecule has 2 aromatic rings. The molecule has 0 aliphatic carbocycles. The van der Waals surface area contributed by atoms with Gasteiger partial charge in [-0.2, -0.15) is 0 Å². The number of nitro benzene ring substituents is 1. The predicted molar refractivity (Wildman–Crippen MR) is 108 cm³/mol. The highest BCUT2D eigenvalue weighted by Crippen LogP contribution is 2.34. The monoisotopic (exact) mass is 397 g/mol. The molecule has 0 saturated carbocycles. The molecule has 152 valence electrons. The largest absolute Gasteiger partial charge is 0.454 e. The molecule has 8 nitrogen and oxygen atoms in total. The van der Waals surface area contributed by atoms with E-state index in [1.807, 2.05) is 30.0 Å². The molecule has 2 aromatic carbocycles. The van der Waals surface area contributed by atoms with E-state index in [1.54, 1.807) is 17.0 Å². The Hall–Kier alpha value is -3.29. The summed E-state index contributed by atoms with van der Waals surface area (Å²) in [5.74, 6) is 1.12. The molecule has 2 aliphatic rings. The van der Waals surface area contributed by atoms with E-state index in [4.69, 9.17) is 9.47 Å². The highest BCUT2D eigenvalue weighted by Gasteiger charge is 2.25. The highest BCUT2D eigenvalue weighted by molar-refractivity contribution is 5.95. The molecule has 8 heteroatoms. The van der Waals surface area contributed by atoms with E-state index in [9.17, 15) is 14.9 Å². The van der Waals surface area contributed by atoms with Crippen LogP contribution >= 0.6 is 0 Å². The predicted octanol–water partition coefficient (Wildman–Crippen LogP) is 3.59. The Morgan fingerprint density at radius 2 is 1.90 bits per heavy atom. The number of carbonyl (C=O) groups excluding carboxylic acids is 1. The van der Waals surface area contributed by atoms with Crippen LogP contribution in [0.3, 0.4) is 0 Å².